The molecule has 2 aromatic carbocycles. The molecule has 12 heteroatoms. The van der Waals surface area contributed by atoms with Gasteiger partial charge in [-0.1, -0.05) is 18.6 Å². The van der Waals surface area contributed by atoms with Crippen LogP contribution in [0.1, 0.15) is 34.6 Å². The molecule has 1 saturated carbocycles. The van der Waals surface area contributed by atoms with Gasteiger partial charge in [0.05, 0.1) is 41.7 Å². The third kappa shape index (κ3) is 4.00. The molecular weight excluding hydrogens is 584 g/mol. The number of carbonyl (C=O) groups is 7. The molecular formula is C33H30N2O10. The summed E-state index contributed by atoms with van der Waals surface area (Å²) in [5.74, 6) is -9.10. The number of anilines is 2. The lowest BCUT2D eigenvalue weighted by molar-refractivity contribution is -0.182. The van der Waals surface area contributed by atoms with E-state index in [1.54, 1.807) is 26.8 Å². The number of rotatable bonds is 6. The Balaban J connectivity index is 1.48. The number of carbonyl (C=O) groups excluding carboxylic acids is 7. The molecule has 5 aliphatic rings. The van der Waals surface area contributed by atoms with Gasteiger partial charge in [-0.3, -0.25) is 33.6 Å². The smallest absolute Gasteiger partial charge is 0.317 e. The van der Waals surface area contributed by atoms with Crippen LogP contribution in [0.15, 0.2) is 60.2 Å². The molecule has 4 amide bonds. The quantitative estimate of drug-likeness (QED) is 0.205. The summed E-state index contributed by atoms with van der Waals surface area (Å²) in [6.45, 7) is 7.32. The van der Waals surface area contributed by atoms with Crippen LogP contribution in [0.3, 0.4) is 0 Å². The number of amides is 4. The van der Waals surface area contributed by atoms with E-state index in [0.717, 1.165) is 9.80 Å². The molecule has 45 heavy (non-hydrogen) atoms. The summed E-state index contributed by atoms with van der Waals surface area (Å²) in [6, 6.07) is 11.5. The molecule has 0 radical (unpaired) electrons. The van der Waals surface area contributed by atoms with Crippen LogP contribution in [0, 0.1) is 34.5 Å². The van der Waals surface area contributed by atoms with Crippen LogP contribution in [-0.4, -0.2) is 48.1 Å². The number of hydrogen-bond acceptors (Lipinski definition) is 10. The third-order valence-corrected chi connectivity index (χ3v) is 9.44. The minimum absolute atomic E-state index is 0.0627. The molecule has 232 valence electrons. The second-order valence-corrected chi connectivity index (χ2v) is 11.9. The zero-order chi connectivity index (χ0) is 32.6. The molecule has 0 aromatic heterocycles. The lowest BCUT2D eigenvalue weighted by Crippen LogP contribution is -2.66. The van der Waals surface area contributed by atoms with Crippen molar-refractivity contribution in [1.29, 1.82) is 0 Å². The van der Waals surface area contributed by atoms with Gasteiger partial charge in [0.25, 0.3) is 0 Å². The van der Waals surface area contributed by atoms with Crippen LogP contribution in [0.4, 0.5) is 11.4 Å². The average molecular weight is 615 g/mol. The van der Waals surface area contributed by atoms with E-state index >= 15 is 0 Å². The van der Waals surface area contributed by atoms with Gasteiger partial charge in [0.15, 0.2) is 0 Å². The maximum Gasteiger partial charge on any atom is 0.317 e. The predicted octanol–water partition coefficient (Wildman–Crippen LogP) is 2.98. The SMILES string of the molecule is CCOC(=O)C12C(C)=CC(C)(C3C(=O)N(c4ccc(OC(C)=O)cc4)C(=O)C31)C1C(=O)N(c3ccc(OC(C)=O)cc3)C(=O)C12. The number of benzene rings is 2. The minimum atomic E-state index is -1.93. The highest BCUT2D eigenvalue weighted by Crippen LogP contribution is 2.71. The highest BCUT2D eigenvalue weighted by Gasteiger charge is 2.82. The molecule has 2 heterocycles. The summed E-state index contributed by atoms with van der Waals surface area (Å²) < 4.78 is 15.7. The molecule has 2 bridgehead atoms. The van der Waals surface area contributed by atoms with Crippen LogP contribution in [-0.2, 0) is 38.3 Å². The topological polar surface area (TPSA) is 154 Å². The van der Waals surface area contributed by atoms with Crippen LogP contribution < -0.4 is 19.3 Å². The highest BCUT2D eigenvalue weighted by atomic mass is 16.5. The first-order valence-corrected chi connectivity index (χ1v) is 14.5. The Labute approximate surface area is 257 Å². The maximum atomic E-state index is 14.4. The summed E-state index contributed by atoms with van der Waals surface area (Å²) in [5.41, 5.74) is -2.49. The fourth-order valence-electron chi connectivity index (χ4n) is 7.99. The van der Waals surface area contributed by atoms with Gasteiger partial charge in [0, 0.05) is 19.3 Å². The van der Waals surface area contributed by atoms with Crippen molar-refractivity contribution in [3.63, 3.8) is 0 Å². The molecule has 4 unspecified atom stereocenters. The van der Waals surface area contributed by atoms with E-state index < -0.39 is 76.0 Å². The summed E-state index contributed by atoms with van der Waals surface area (Å²) in [5, 5.41) is 0. The maximum absolute atomic E-state index is 14.4. The van der Waals surface area contributed by atoms with Gasteiger partial charge >= 0.3 is 17.9 Å². The molecule has 2 saturated heterocycles. The first kappa shape index (κ1) is 29.9. The number of hydrogen-bond donors (Lipinski definition) is 0. The van der Waals surface area contributed by atoms with Gasteiger partial charge in [-0.05, 0) is 62.4 Å². The molecule has 0 N–H and O–H groups in total. The lowest BCUT2D eigenvalue weighted by Gasteiger charge is -2.58. The third-order valence-electron chi connectivity index (χ3n) is 9.44. The Kier molecular flexibility index (Phi) is 6.79. The van der Waals surface area contributed by atoms with E-state index in [1.165, 1.54) is 62.4 Å². The van der Waals surface area contributed by atoms with E-state index in [1.807, 2.05) is 0 Å². The number of ether oxygens (including phenoxy) is 3. The van der Waals surface area contributed by atoms with E-state index in [-0.39, 0.29) is 29.5 Å². The standard InChI is InChI=1S/C33H30N2O10/c1-6-43-31(42)33-16(2)15-32(5,23-25(33)29(40)34(27(23)38)19-7-11-21(12-8-19)44-17(3)36)24-26(33)30(41)35(28(24)39)20-9-13-22(14-10-20)45-18(4)37/h7-15,23-26H,6H2,1-5H3. The minimum Gasteiger partial charge on any atom is -0.465 e. The Morgan fingerprint density at radius 3 is 1.42 bits per heavy atom. The zero-order valence-electron chi connectivity index (χ0n) is 25.2. The van der Waals surface area contributed by atoms with Gasteiger partial charge < -0.3 is 14.2 Å². The molecule has 2 aromatic rings. The van der Waals surface area contributed by atoms with Crippen molar-refractivity contribution in [2.24, 2.45) is 34.5 Å². The second-order valence-electron chi connectivity index (χ2n) is 11.9. The van der Waals surface area contributed by atoms with E-state index in [9.17, 15) is 33.6 Å². The molecule has 4 atom stereocenters. The number of allylic oxidation sites excluding steroid dienone is 1. The average Bonchev–Trinajstić information content (AvgIpc) is 3.40. The second kappa shape index (κ2) is 10.2. The van der Waals surface area contributed by atoms with Crippen molar-refractivity contribution < 1.29 is 47.8 Å². The summed E-state index contributed by atoms with van der Waals surface area (Å²) in [6.07, 6.45) is 1.68. The number of nitrogens with zero attached hydrogens (tertiary/aromatic N) is 2. The Hall–Kier alpha value is -5.13. The van der Waals surface area contributed by atoms with Crippen LogP contribution >= 0.6 is 0 Å². The zero-order valence-corrected chi connectivity index (χ0v) is 25.2. The Morgan fingerprint density at radius 1 is 0.689 bits per heavy atom. The molecule has 3 fully saturated rings. The summed E-state index contributed by atoms with van der Waals surface area (Å²) in [7, 11) is 0. The Bertz CT molecular complexity index is 1620. The van der Waals surface area contributed by atoms with Crippen molar-refractivity contribution in [2.45, 2.75) is 34.6 Å². The molecule has 12 nitrogen and oxygen atoms in total. The van der Waals surface area contributed by atoms with Crippen molar-refractivity contribution in [3.8, 4) is 11.5 Å². The van der Waals surface area contributed by atoms with E-state index in [2.05, 4.69) is 0 Å². The van der Waals surface area contributed by atoms with Crippen LogP contribution in [0.2, 0.25) is 0 Å². The van der Waals surface area contributed by atoms with Gasteiger partial charge in [-0.15, -0.1) is 0 Å². The van der Waals surface area contributed by atoms with Gasteiger partial charge in [0.1, 0.15) is 16.9 Å². The van der Waals surface area contributed by atoms with Gasteiger partial charge in [-0.2, -0.15) is 0 Å². The van der Waals surface area contributed by atoms with Crippen molar-refractivity contribution in [2.75, 3.05) is 16.4 Å². The largest absolute Gasteiger partial charge is 0.465 e. The van der Waals surface area contributed by atoms with Crippen LogP contribution in [0.5, 0.6) is 11.5 Å². The summed E-state index contributed by atoms with van der Waals surface area (Å²) >= 11 is 0. The van der Waals surface area contributed by atoms with E-state index in [0.29, 0.717) is 5.57 Å². The lowest BCUT2D eigenvalue weighted by atomic mass is 9.39. The first-order valence-electron chi connectivity index (χ1n) is 14.5. The summed E-state index contributed by atoms with van der Waals surface area (Å²) in [4.78, 5) is 96.2. The molecule has 2 aliphatic heterocycles. The van der Waals surface area contributed by atoms with Crippen molar-refractivity contribution in [1.82, 2.24) is 0 Å². The molecule has 7 rings (SSSR count). The van der Waals surface area contributed by atoms with Crippen molar-refractivity contribution >= 4 is 52.9 Å². The fourth-order valence-corrected chi connectivity index (χ4v) is 7.99. The van der Waals surface area contributed by atoms with Gasteiger partial charge in [-0.25, -0.2) is 9.80 Å². The van der Waals surface area contributed by atoms with Crippen molar-refractivity contribution in [3.05, 3.63) is 60.2 Å². The van der Waals surface area contributed by atoms with E-state index in [4.69, 9.17) is 14.2 Å². The Morgan fingerprint density at radius 2 is 1.07 bits per heavy atom. The van der Waals surface area contributed by atoms with Crippen LogP contribution in [0.25, 0.3) is 0 Å². The first-order chi connectivity index (χ1) is 21.3. The monoisotopic (exact) mass is 614 g/mol. The molecule has 3 aliphatic carbocycles. The van der Waals surface area contributed by atoms with Gasteiger partial charge in [0.2, 0.25) is 23.6 Å². The normalized spacial score (nSPS) is 29.8. The predicted molar refractivity (Wildman–Crippen MR) is 155 cm³/mol. The fraction of sp³-hybridized carbons (Fsp3) is 0.364. The highest BCUT2D eigenvalue weighted by molar-refractivity contribution is 6.29. The number of esters is 3. The molecule has 0 spiro atoms. The number of imide groups is 2.